The van der Waals surface area contributed by atoms with E-state index in [9.17, 15) is 4.57 Å². The van der Waals surface area contributed by atoms with Crippen molar-refractivity contribution in [2.45, 2.75) is 5.38 Å². The summed E-state index contributed by atoms with van der Waals surface area (Å²) in [5.41, 5.74) is 0. The van der Waals surface area contributed by atoms with E-state index in [-0.39, 0.29) is 12.5 Å². The van der Waals surface area contributed by atoms with E-state index in [1.807, 2.05) is 0 Å². The summed E-state index contributed by atoms with van der Waals surface area (Å²) in [6, 6.07) is 0. The number of alkyl halides is 2. The van der Waals surface area contributed by atoms with Crippen LogP contribution in [0.25, 0.3) is 0 Å². The van der Waals surface area contributed by atoms with Crippen molar-refractivity contribution in [2.24, 2.45) is 0 Å². The Labute approximate surface area is 63.9 Å². The van der Waals surface area contributed by atoms with Gasteiger partial charge in [-0.3, -0.25) is 0 Å². The van der Waals surface area contributed by atoms with Gasteiger partial charge in [0.25, 0.3) is 0 Å². The molecule has 0 heterocycles. The first-order valence-corrected chi connectivity index (χ1v) is 4.26. The highest BCUT2D eigenvalue weighted by molar-refractivity contribution is 7.32. The summed E-state index contributed by atoms with van der Waals surface area (Å²) in [4.78, 5) is 8.08. The third-order valence-corrected chi connectivity index (χ3v) is 1.71. The van der Waals surface area contributed by atoms with Gasteiger partial charge >= 0.3 is 8.25 Å². The second-order valence-electron chi connectivity index (χ2n) is 1.29. The van der Waals surface area contributed by atoms with Gasteiger partial charge in [0.1, 0.15) is 6.61 Å². The minimum Gasteiger partial charge on any atom is -0.133 e. The molecule has 0 aromatic carbocycles. The van der Waals surface area contributed by atoms with Crippen LogP contribution in [0.3, 0.4) is 0 Å². The van der Waals surface area contributed by atoms with Crippen molar-refractivity contribution in [3.8, 4) is 0 Å². The Kier molecular flexibility index (Phi) is 5.75. The van der Waals surface area contributed by atoms with Crippen LogP contribution in [0, 0.1) is 0 Å². The summed E-state index contributed by atoms with van der Waals surface area (Å²) in [7, 11) is -2.53. The van der Waals surface area contributed by atoms with Crippen molar-refractivity contribution in [1.82, 2.24) is 0 Å². The zero-order chi connectivity index (χ0) is 7.28. The first kappa shape index (κ1) is 9.60. The van der Waals surface area contributed by atoms with Gasteiger partial charge < -0.3 is 0 Å². The summed E-state index contributed by atoms with van der Waals surface area (Å²) >= 11 is 10.7. The predicted molar refractivity (Wildman–Crippen MR) is 36.1 cm³/mol. The lowest BCUT2D eigenvalue weighted by molar-refractivity contribution is 0.284. The molecule has 9 heavy (non-hydrogen) atoms. The molecule has 0 amide bonds. The molecule has 1 N–H and O–H groups in total. The van der Waals surface area contributed by atoms with Crippen molar-refractivity contribution in [3.05, 3.63) is 0 Å². The van der Waals surface area contributed by atoms with Gasteiger partial charge in [-0.05, 0) is 0 Å². The van der Waals surface area contributed by atoms with E-state index >= 15 is 0 Å². The van der Waals surface area contributed by atoms with E-state index in [4.69, 9.17) is 28.1 Å². The summed E-state index contributed by atoms with van der Waals surface area (Å²) < 4.78 is 14.1. The maximum absolute atomic E-state index is 9.84. The van der Waals surface area contributed by atoms with Crippen LogP contribution < -0.4 is 0 Å². The molecule has 54 valence electrons. The smallest absolute Gasteiger partial charge is 0.133 e. The Morgan fingerprint density at radius 1 is 1.78 bits per heavy atom. The molecule has 0 aliphatic carbocycles. The minimum atomic E-state index is -2.53. The lowest BCUT2D eigenvalue weighted by Gasteiger charge is -1.94. The quantitative estimate of drug-likeness (QED) is 0.542. The summed E-state index contributed by atoms with van der Waals surface area (Å²) in [6.07, 6.45) is 0. The molecule has 0 aromatic heterocycles. The largest absolute Gasteiger partial charge is 0.694 e. The zero-order valence-corrected chi connectivity index (χ0v) is 6.86. The Morgan fingerprint density at radius 3 is 2.67 bits per heavy atom. The normalized spacial score (nSPS) is 15.2. The predicted octanol–water partition coefficient (Wildman–Crippen LogP) is 1.50. The molecule has 3 nitrogen and oxygen atoms in total. The van der Waals surface area contributed by atoms with Gasteiger partial charge in [0.05, 0.1) is 5.38 Å². The van der Waals surface area contributed by atoms with Gasteiger partial charge in [-0.25, -0.2) is 0 Å². The third-order valence-electron chi connectivity index (χ3n) is 0.533. The van der Waals surface area contributed by atoms with Crippen molar-refractivity contribution in [2.75, 3.05) is 12.5 Å². The van der Waals surface area contributed by atoms with Gasteiger partial charge in [0, 0.05) is 10.4 Å². The van der Waals surface area contributed by atoms with Gasteiger partial charge in [-0.15, -0.1) is 32.6 Å². The van der Waals surface area contributed by atoms with Crippen LogP contribution in [-0.4, -0.2) is 22.8 Å². The Morgan fingerprint density at radius 2 is 2.33 bits per heavy atom. The fourth-order valence-electron chi connectivity index (χ4n) is 0.189. The van der Waals surface area contributed by atoms with Crippen LogP contribution in [0.2, 0.25) is 0 Å². The molecule has 0 aromatic rings. The number of rotatable bonds is 4. The molecule has 0 fully saturated rings. The van der Waals surface area contributed by atoms with Crippen LogP contribution in [0.5, 0.6) is 0 Å². The molecule has 0 aliphatic rings. The third kappa shape index (κ3) is 6.49. The first-order valence-electron chi connectivity index (χ1n) is 2.16. The molecule has 0 aliphatic heterocycles. The second-order valence-corrected chi connectivity index (χ2v) is 2.94. The summed E-state index contributed by atoms with van der Waals surface area (Å²) in [6.45, 7) is 0.0107. The molecule has 0 saturated carbocycles. The number of hydrogen-bond donors (Lipinski definition) is 1. The Bertz CT molecular complexity index is 99.1. The van der Waals surface area contributed by atoms with E-state index in [1.165, 1.54) is 0 Å². The molecule has 0 spiro atoms. The van der Waals surface area contributed by atoms with Gasteiger partial charge in [-0.2, -0.15) is 0 Å². The lowest BCUT2D eigenvalue weighted by Crippen LogP contribution is -2.06. The van der Waals surface area contributed by atoms with E-state index in [0.717, 1.165) is 0 Å². The summed E-state index contributed by atoms with van der Waals surface area (Å²) in [5.74, 6) is 0.213. The van der Waals surface area contributed by atoms with Crippen LogP contribution in [0.4, 0.5) is 0 Å². The molecule has 2 unspecified atom stereocenters. The molecule has 0 rings (SSSR count). The van der Waals surface area contributed by atoms with Gasteiger partial charge in [0.2, 0.25) is 0 Å². The van der Waals surface area contributed by atoms with Crippen molar-refractivity contribution in [1.29, 1.82) is 0 Å². The minimum absolute atomic E-state index is 0.0107. The fourth-order valence-corrected chi connectivity index (χ4v) is 0.737. The first-order chi connectivity index (χ1) is 4.16. The summed E-state index contributed by atoms with van der Waals surface area (Å²) in [5, 5.41) is -0.391. The molecule has 6 heteroatoms. The van der Waals surface area contributed by atoms with Crippen LogP contribution in [0.1, 0.15) is 0 Å². The monoisotopic (exact) mass is 191 g/mol. The zero-order valence-electron chi connectivity index (χ0n) is 4.46. The molecular formula is C3H6Cl2O3P+. The standard InChI is InChI=1S/C3H5Cl2O3P/c4-1-3(5)2-8-9(6)7/h3H,1-2H2/p+1. The van der Waals surface area contributed by atoms with E-state index in [2.05, 4.69) is 4.52 Å². The molecular weight excluding hydrogens is 186 g/mol. The number of halogens is 2. The average molecular weight is 192 g/mol. The second kappa shape index (κ2) is 5.39. The highest BCUT2D eigenvalue weighted by Crippen LogP contribution is 2.16. The van der Waals surface area contributed by atoms with Crippen molar-refractivity contribution < 1.29 is 14.0 Å². The number of hydrogen-bond acceptors (Lipinski definition) is 2. The van der Waals surface area contributed by atoms with Gasteiger partial charge in [-0.1, -0.05) is 0 Å². The lowest BCUT2D eigenvalue weighted by atomic mass is 10.5. The highest BCUT2D eigenvalue weighted by atomic mass is 35.5. The van der Waals surface area contributed by atoms with Crippen LogP contribution in [-0.2, 0) is 9.09 Å². The topological polar surface area (TPSA) is 46.5 Å². The molecule has 0 saturated heterocycles. The van der Waals surface area contributed by atoms with Gasteiger partial charge in [0.15, 0.2) is 0 Å². The molecule has 0 radical (unpaired) electrons. The molecule has 2 atom stereocenters. The average Bonchev–Trinajstić information content (AvgIpc) is 1.83. The highest BCUT2D eigenvalue weighted by Gasteiger charge is 2.15. The Balaban J connectivity index is 3.16. The van der Waals surface area contributed by atoms with Crippen molar-refractivity contribution >= 4 is 31.5 Å². The maximum atomic E-state index is 9.84. The maximum Gasteiger partial charge on any atom is 0.694 e. The SMILES string of the molecule is O=[P+](O)OCC(Cl)CCl. The van der Waals surface area contributed by atoms with E-state index in [0.29, 0.717) is 0 Å². The fraction of sp³-hybridized carbons (Fsp3) is 1.00. The van der Waals surface area contributed by atoms with E-state index < -0.39 is 13.6 Å². The molecule has 0 bridgehead atoms. The van der Waals surface area contributed by atoms with Crippen LogP contribution >= 0.6 is 31.5 Å². The van der Waals surface area contributed by atoms with Crippen LogP contribution in [0.15, 0.2) is 0 Å². The van der Waals surface area contributed by atoms with Crippen molar-refractivity contribution in [3.63, 3.8) is 0 Å². The Hall–Kier alpha value is 0.600. The van der Waals surface area contributed by atoms with E-state index in [1.54, 1.807) is 0 Å².